The lowest BCUT2D eigenvalue weighted by atomic mass is 9.70. The van der Waals surface area contributed by atoms with E-state index in [0.29, 0.717) is 5.56 Å². The van der Waals surface area contributed by atoms with Crippen LogP contribution in [0.15, 0.2) is 37.1 Å². The Morgan fingerprint density at radius 2 is 2.14 bits per heavy atom. The van der Waals surface area contributed by atoms with Gasteiger partial charge in [-0.2, -0.15) is 0 Å². The largest absolute Gasteiger partial charge is 0.458 e. The average Bonchev–Trinajstić information content (AvgIpc) is 2.99. The molecule has 0 unspecified atom stereocenters. The van der Waals surface area contributed by atoms with Gasteiger partial charge in [-0.05, 0) is 62.2 Å². The molecule has 0 radical (unpaired) electrons. The molecule has 1 aromatic rings. The molecule has 0 aromatic heterocycles. The third-order valence-corrected chi connectivity index (χ3v) is 7.16. The van der Waals surface area contributed by atoms with Gasteiger partial charge < -0.3 is 14.1 Å². The van der Waals surface area contributed by atoms with Crippen LogP contribution < -0.4 is 0 Å². The van der Waals surface area contributed by atoms with Gasteiger partial charge in [0.15, 0.2) is 8.32 Å². The van der Waals surface area contributed by atoms with E-state index in [1.165, 1.54) is 0 Å². The molecule has 4 rings (SSSR count). The van der Waals surface area contributed by atoms with Crippen molar-refractivity contribution in [3.8, 4) is 0 Å². The lowest BCUT2D eigenvalue weighted by Crippen LogP contribution is -2.63. The van der Waals surface area contributed by atoms with Crippen LogP contribution in [0, 0.1) is 11.8 Å². The number of nitrogens with zero attached hydrogens (tertiary/aromatic N) is 1. The summed E-state index contributed by atoms with van der Waals surface area (Å²) in [4.78, 5) is 27.4. The highest BCUT2D eigenvalue weighted by atomic mass is 28.4. The van der Waals surface area contributed by atoms with Crippen LogP contribution in [0.4, 0.5) is 0 Å². The molecule has 1 amide bonds. The van der Waals surface area contributed by atoms with Gasteiger partial charge in [-0.25, -0.2) is 4.79 Å². The molecule has 1 aliphatic carbocycles. The van der Waals surface area contributed by atoms with E-state index in [-0.39, 0.29) is 42.5 Å². The van der Waals surface area contributed by atoms with E-state index in [4.69, 9.17) is 9.16 Å². The number of esters is 1. The van der Waals surface area contributed by atoms with Gasteiger partial charge in [-0.15, -0.1) is 0 Å². The zero-order valence-electron chi connectivity index (χ0n) is 17.6. The number of benzene rings is 1. The maximum absolute atomic E-state index is 12.9. The predicted molar refractivity (Wildman–Crippen MR) is 115 cm³/mol. The lowest BCUT2D eigenvalue weighted by molar-refractivity contribution is -0.157. The molecule has 4 atom stereocenters. The lowest BCUT2D eigenvalue weighted by Gasteiger charge is -2.48. The maximum Gasteiger partial charge on any atom is 0.339 e. The van der Waals surface area contributed by atoms with E-state index in [2.05, 4.69) is 32.3 Å². The SMILES string of the molecule is C=CCOC(=O)c1cccc2c1C1=CN3C(=O)[C@H]([C@@H](C)O[Si](C)(C)C)[C@H]3[C@@H]1CC2. The number of β-lactam (4-membered cyclic amide) rings is 1. The molecule has 2 heterocycles. The van der Waals surface area contributed by atoms with E-state index in [9.17, 15) is 9.59 Å². The second kappa shape index (κ2) is 7.25. The molecule has 1 saturated heterocycles. The normalized spacial score (nSPS) is 25.9. The Labute approximate surface area is 173 Å². The number of aryl methyl sites for hydroxylation is 1. The number of rotatable bonds is 6. The third-order valence-electron chi connectivity index (χ3n) is 6.08. The first-order valence-electron chi connectivity index (χ1n) is 10.3. The summed E-state index contributed by atoms with van der Waals surface area (Å²) >= 11 is 0. The number of carbonyl (C=O) groups excluding carboxylic acids is 2. The standard InChI is InChI=1S/C23H29NO4Si/c1-6-12-27-23(26)17-9-7-8-15-10-11-16-18(20(15)17)13-24-21(16)19(22(24)25)14(2)28-29(3,4)5/h6-9,13-14,16,19,21H,1,10-12H2,2-5H3/t14-,16-,19-,21-/m1/s1. The Morgan fingerprint density at radius 3 is 2.83 bits per heavy atom. The van der Waals surface area contributed by atoms with Gasteiger partial charge in [0.1, 0.15) is 6.61 Å². The molecule has 1 aromatic carbocycles. The van der Waals surface area contributed by atoms with Crippen LogP contribution in [0.2, 0.25) is 19.6 Å². The minimum absolute atomic E-state index is 0.0858. The van der Waals surface area contributed by atoms with Gasteiger partial charge in [-0.3, -0.25) is 4.79 Å². The van der Waals surface area contributed by atoms with Crippen molar-refractivity contribution in [3.63, 3.8) is 0 Å². The number of fused-ring (bicyclic) bond motifs is 5. The molecule has 29 heavy (non-hydrogen) atoms. The first-order chi connectivity index (χ1) is 13.7. The zero-order chi connectivity index (χ0) is 20.9. The van der Waals surface area contributed by atoms with Gasteiger partial charge >= 0.3 is 5.97 Å². The minimum atomic E-state index is -1.73. The Bertz CT molecular complexity index is 901. The number of carbonyl (C=O) groups is 2. The fraction of sp³-hybridized carbons (Fsp3) is 0.478. The van der Waals surface area contributed by atoms with Crippen LogP contribution in [0.1, 0.15) is 34.8 Å². The van der Waals surface area contributed by atoms with E-state index in [1.54, 1.807) is 6.08 Å². The Balaban J connectivity index is 1.65. The number of hydrogen-bond donors (Lipinski definition) is 0. The van der Waals surface area contributed by atoms with Gasteiger partial charge in [0.05, 0.1) is 23.6 Å². The van der Waals surface area contributed by atoms with Gasteiger partial charge in [0.2, 0.25) is 5.91 Å². The van der Waals surface area contributed by atoms with Gasteiger partial charge in [0, 0.05) is 12.1 Å². The highest BCUT2D eigenvalue weighted by Gasteiger charge is 2.58. The molecular weight excluding hydrogens is 382 g/mol. The molecule has 0 saturated carbocycles. The fourth-order valence-electron chi connectivity index (χ4n) is 5.11. The quantitative estimate of drug-likeness (QED) is 0.307. The summed E-state index contributed by atoms with van der Waals surface area (Å²) in [6.45, 7) is 12.3. The van der Waals surface area contributed by atoms with Crippen molar-refractivity contribution in [1.82, 2.24) is 4.90 Å². The third kappa shape index (κ3) is 3.38. The Kier molecular flexibility index (Phi) is 5.03. The zero-order valence-corrected chi connectivity index (χ0v) is 18.6. The molecule has 154 valence electrons. The van der Waals surface area contributed by atoms with E-state index < -0.39 is 8.32 Å². The van der Waals surface area contributed by atoms with Crippen molar-refractivity contribution in [2.45, 2.75) is 51.6 Å². The minimum Gasteiger partial charge on any atom is -0.458 e. The molecule has 0 bridgehead atoms. The first-order valence-corrected chi connectivity index (χ1v) is 13.8. The highest BCUT2D eigenvalue weighted by molar-refractivity contribution is 6.69. The summed E-state index contributed by atoms with van der Waals surface area (Å²) in [6, 6.07) is 5.93. The molecule has 5 nitrogen and oxygen atoms in total. The molecule has 0 spiro atoms. The van der Waals surface area contributed by atoms with Crippen molar-refractivity contribution < 1.29 is 18.8 Å². The second-order valence-corrected chi connectivity index (χ2v) is 13.6. The van der Waals surface area contributed by atoms with Crippen LogP contribution in [0.25, 0.3) is 5.57 Å². The molecule has 1 fully saturated rings. The van der Waals surface area contributed by atoms with Crippen LogP contribution in [0.3, 0.4) is 0 Å². The van der Waals surface area contributed by atoms with E-state index in [1.807, 2.05) is 30.2 Å². The second-order valence-electron chi connectivity index (χ2n) is 9.15. The predicted octanol–water partition coefficient (Wildman–Crippen LogP) is 4.01. The van der Waals surface area contributed by atoms with E-state index >= 15 is 0 Å². The van der Waals surface area contributed by atoms with E-state index in [0.717, 1.165) is 29.5 Å². The van der Waals surface area contributed by atoms with Crippen molar-refractivity contribution in [2.75, 3.05) is 6.61 Å². The first kappa shape index (κ1) is 20.1. The van der Waals surface area contributed by atoms with Crippen molar-refractivity contribution in [2.24, 2.45) is 11.8 Å². The molecular formula is C23H29NO4Si. The highest BCUT2D eigenvalue weighted by Crippen LogP contribution is 2.52. The van der Waals surface area contributed by atoms with Gasteiger partial charge in [0.25, 0.3) is 0 Å². The fourth-order valence-corrected chi connectivity index (χ4v) is 6.37. The summed E-state index contributed by atoms with van der Waals surface area (Å²) in [5.74, 6) is -0.0695. The van der Waals surface area contributed by atoms with Gasteiger partial charge in [-0.1, -0.05) is 24.8 Å². The smallest absolute Gasteiger partial charge is 0.339 e. The molecule has 6 heteroatoms. The molecule has 0 N–H and O–H groups in total. The number of ether oxygens (including phenoxy) is 1. The van der Waals surface area contributed by atoms with Crippen molar-refractivity contribution in [1.29, 1.82) is 0 Å². The average molecular weight is 412 g/mol. The van der Waals surface area contributed by atoms with Crippen molar-refractivity contribution in [3.05, 3.63) is 53.7 Å². The summed E-state index contributed by atoms with van der Waals surface area (Å²) in [7, 11) is -1.73. The topological polar surface area (TPSA) is 55.8 Å². The molecule has 2 aliphatic heterocycles. The van der Waals surface area contributed by atoms with Crippen LogP contribution in [0.5, 0.6) is 0 Å². The maximum atomic E-state index is 12.9. The Morgan fingerprint density at radius 1 is 1.38 bits per heavy atom. The monoisotopic (exact) mass is 411 g/mol. The van der Waals surface area contributed by atoms with Crippen LogP contribution in [-0.4, -0.2) is 43.8 Å². The summed E-state index contributed by atoms with van der Waals surface area (Å²) < 4.78 is 11.6. The summed E-state index contributed by atoms with van der Waals surface area (Å²) in [5, 5.41) is 0. The summed E-state index contributed by atoms with van der Waals surface area (Å²) in [5.41, 5.74) is 3.78. The summed E-state index contributed by atoms with van der Waals surface area (Å²) in [6.07, 6.45) is 5.33. The molecule has 3 aliphatic rings. The Hall–Kier alpha value is -2.18. The van der Waals surface area contributed by atoms with Crippen LogP contribution >= 0.6 is 0 Å². The number of amides is 1. The van der Waals surface area contributed by atoms with Crippen LogP contribution in [-0.2, 0) is 20.4 Å². The van der Waals surface area contributed by atoms with Crippen molar-refractivity contribution >= 4 is 25.8 Å². The number of hydrogen-bond acceptors (Lipinski definition) is 4.